The Morgan fingerprint density at radius 1 is 1.09 bits per heavy atom. The summed E-state index contributed by atoms with van der Waals surface area (Å²) in [5.41, 5.74) is -0.672. The van der Waals surface area contributed by atoms with Crippen molar-refractivity contribution in [2.75, 3.05) is 45.9 Å². The molecule has 2 atom stereocenters. The molecule has 4 fully saturated rings. The van der Waals surface area contributed by atoms with Crippen LogP contribution in [0.25, 0.3) is 0 Å². The van der Waals surface area contributed by atoms with Gasteiger partial charge in [0.1, 0.15) is 12.3 Å². The highest BCUT2D eigenvalue weighted by Gasteiger charge is 2.50. The number of esters is 1. The average molecular weight is 564 g/mol. The molecule has 6 rings (SSSR count). The number of halogens is 1. The van der Waals surface area contributed by atoms with E-state index in [4.69, 9.17) is 9.47 Å². The minimum Gasteiger partial charge on any atom is -1.00 e. The number of carbonyl (C=O) groups excluding carboxylic acids is 1. The summed E-state index contributed by atoms with van der Waals surface area (Å²) in [5.74, 6) is 1.41. The van der Waals surface area contributed by atoms with E-state index >= 15 is 0 Å². The predicted molar refractivity (Wildman–Crippen MR) is 136 cm³/mol. The van der Waals surface area contributed by atoms with Crippen molar-refractivity contribution in [1.29, 1.82) is 0 Å². The second-order valence-corrected chi connectivity index (χ2v) is 11.5. The molecule has 7 heteroatoms. The van der Waals surface area contributed by atoms with E-state index in [9.17, 15) is 4.79 Å². The van der Waals surface area contributed by atoms with E-state index in [-0.39, 0.29) is 29.1 Å². The van der Waals surface area contributed by atoms with Gasteiger partial charge in [0, 0.05) is 30.1 Å². The van der Waals surface area contributed by atoms with E-state index in [2.05, 4.69) is 29.3 Å². The molecule has 0 amide bonds. The number of fused-ring (bicyclic) bond motifs is 3. The first-order chi connectivity index (χ1) is 16.6. The Morgan fingerprint density at radius 3 is 2.51 bits per heavy atom. The number of thiophene rings is 1. The van der Waals surface area contributed by atoms with Crippen molar-refractivity contribution < 1.29 is 35.7 Å². The van der Waals surface area contributed by atoms with Gasteiger partial charge in [-0.3, -0.25) is 4.90 Å². The SMILES string of the molecule is CC(C(=O)O[C@H]1C[N+]2(CCCOc3ccccc3)CCC1CC2)(c1cccs1)N1CCCCC1.[Br-]. The molecule has 2 bridgehead atoms. The van der Waals surface area contributed by atoms with Gasteiger partial charge in [0.05, 0.1) is 26.2 Å². The number of carbonyl (C=O) groups is 1. The summed E-state index contributed by atoms with van der Waals surface area (Å²) in [6.45, 7) is 9.25. The third kappa shape index (κ3) is 5.79. The molecule has 1 aromatic carbocycles. The van der Waals surface area contributed by atoms with Crippen LogP contribution in [-0.2, 0) is 15.1 Å². The van der Waals surface area contributed by atoms with Crippen molar-refractivity contribution in [3.8, 4) is 5.75 Å². The summed E-state index contributed by atoms with van der Waals surface area (Å²) < 4.78 is 13.5. The van der Waals surface area contributed by atoms with Gasteiger partial charge in [0.2, 0.25) is 0 Å². The van der Waals surface area contributed by atoms with Crippen LogP contribution in [0.3, 0.4) is 0 Å². The largest absolute Gasteiger partial charge is 1.00 e. The molecule has 5 heterocycles. The van der Waals surface area contributed by atoms with Crippen molar-refractivity contribution in [2.45, 2.75) is 57.1 Å². The van der Waals surface area contributed by atoms with Crippen LogP contribution in [0.1, 0.15) is 50.3 Å². The Kier molecular flexibility index (Phi) is 8.95. The zero-order valence-electron chi connectivity index (χ0n) is 20.9. The van der Waals surface area contributed by atoms with E-state index in [1.54, 1.807) is 11.3 Å². The molecule has 1 aromatic heterocycles. The molecule has 0 aliphatic carbocycles. The van der Waals surface area contributed by atoms with Crippen molar-refractivity contribution in [1.82, 2.24) is 4.90 Å². The van der Waals surface area contributed by atoms with Gasteiger partial charge in [-0.2, -0.15) is 0 Å². The molecule has 35 heavy (non-hydrogen) atoms. The lowest BCUT2D eigenvalue weighted by molar-refractivity contribution is -0.946. The zero-order valence-corrected chi connectivity index (χ0v) is 23.3. The number of nitrogens with zero attached hydrogens (tertiary/aromatic N) is 2. The number of hydrogen-bond acceptors (Lipinski definition) is 5. The van der Waals surface area contributed by atoms with E-state index in [1.807, 2.05) is 30.3 Å². The third-order valence-corrected chi connectivity index (χ3v) is 9.56. The second-order valence-electron chi connectivity index (χ2n) is 10.6. The van der Waals surface area contributed by atoms with E-state index in [0.717, 1.165) is 80.0 Å². The van der Waals surface area contributed by atoms with Gasteiger partial charge >= 0.3 is 5.97 Å². The Bertz CT molecular complexity index is 927. The van der Waals surface area contributed by atoms with Gasteiger partial charge in [-0.05, 0) is 56.4 Å². The average Bonchev–Trinajstić information content (AvgIpc) is 3.44. The third-order valence-electron chi connectivity index (χ3n) is 8.48. The molecule has 4 saturated heterocycles. The molecule has 2 aromatic rings. The Hall–Kier alpha value is -1.41. The van der Waals surface area contributed by atoms with Gasteiger partial charge in [0.25, 0.3) is 0 Å². The summed E-state index contributed by atoms with van der Waals surface area (Å²) in [5, 5.41) is 2.08. The maximum Gasteiger partial charge on any atom is 0.332 e. The van der Waals surface area contributed by atoms with Gasteiger partial charge < -0.3 is 30.9 Å². The fraction of sp³-hybridized carbons (Fsp3) is 0.607. The van der Waals surface area contributed by atoms with Gasteiger partial charge in [0.15, 0.2) is 11.6 Å². The van der Waals surface area contributed by atoms with Crippen molar-refractivity contribution >= 4 is 17.3 Å². The van der Waals surface area contributed by atoms with Crippen molar-refractivity contribution in [3.05, 3.63) is 52.7 Å². The maximum atomic E-state index is 13.8. The number of benzene rings is 1. The zero-order chi connectivity index (χ0) is 23.4. The highest BCUT2D eigenvalue weighted by Crippen LogP contribution is 2.39. The Morgan fingerprint density at radius 2 is 1.83 bits per heavy atom. The molecule has 192 valence electrons. The lowest BCUT2D eigenvalue weighted by Crippen LogP contribution is -3.00. The predicted octanol–water partition coefficient (Wildman–Crippen LogP) is 2.07. The first-order valence-electron chi connectivity index (χ1n) is 13.1. The summed E-state index contributed by atoms with van der Waals surface area (Å²) in [6.07, 6.45) is 6.96. The lowest BCUT2D eigenvalue weighted by atomic mass is 9.82. The molecule has 1 unspecified atom stereocenters. The van der Waals surface area contributed by atoms with Crippen LogP contribution in [0, 0.1) is 5.92 Å². The monoisotopic (exact) mass is 562 g/mol. The van der Waals surface area contributed by atoms with Crippen LogP contribution >= 0.6 is 11.3 Å². The fourth-order valence-corrected chi connectivity index (χ4v) is 7.21. The number of quaternary nitrogens is 1. The molecule has 0 spiro atoms. The first kappa shape index (κ1) is 26.6. The number of para-hydroxylation sites is 1. The van der Waals surface area contributed by atoms with Crippen molar-refractivity contribution in [2.24, 2.45) is 5.92 Å². The minimum atomic E-state index is -0.672. The molecule has 4 aliphatic heterocycles. The Labute approximate surface area is 224 Å². The molecule has 0 radical (unpaired) electrons. The Balaban J connectivity index is 0.00000289. The van der Waals surface area contributed by atoms with E-state index in [0.29, 0.717) is 5.92 Å². The summed E-state index contributed by atoms with van der Waals surface area (Å²) in [6, 6.07) is 14.2. The number of hydrogen-bond donors (Lipinski definition) is 0. The molecule has 4 aliphatic rings. The van der Waals surface area contributed by atoms with E-state index < -0.39 is 5.54 Å². The number of ether oxygens (including phenoxy) is 2. The molecular weight excluding hydrogens is 524 g/mol. The summed E-state index contributed by atoms with van der Waals surface area (Å²) in [7, 11) is 0. The number of likely N-dealkylation sites (tertiary alicyclic amines) is 1. The van der Waals surface area contributed by atoms with E-state index in [1.165, 1.54) is 19.5 Å². The highest BCUT2D eigenvalue weighted by atomic mass is 79.9. The summed E-state index contributed by atoms with van der Waals surface area (Å²) >= 11 is 1.68. The second kappa shape index (κ2) is 11.8. The summed E-state index contributed by atoms with van der Waals surface area (Å²) in [4.78, 5) is 17.3. The van der Waals surface area contributed by atoms with Crippen LogP contribution < -0.4 is 21.7 Å². The molecule has 5 nitrogen and oxygen atoms in total. The van der Waals surface area contributed by atoms with Crippen LogP contribution in [0.5, 0.6) is 5.75 Å². The number of piperidine rings is 4. The topological polar surface area (TPSA) is 38.8 Å². The normalized spacial score (nSPS) is 28.0. The smallest absolute Gasteiger partial charge is 0.332 e. The van der Waals surface area contributed by atoms with Crippen LogP contribution in [-0.4, -0.2) is 67.3 Å². The first-order valence-corrected chi connectivity index (χ1v) is 14.0. The van der Waals surface area contributed by atoms with Gasteiger partial charge in [-0.1, -0.05) is 30.7 Å². The van der Waals surface area contributed by atoms with Gasteiger partial charge in [-0.15, -0.1) is 11.3 Å². The minimum absolute atomic E-state index is 0. The highest BCUT2D eigenvalue weighted by molar-refractivity contribution is 7.10. The lowest BCUT2D eigenvalue weighted by Gasteiger charge is -2.52. The quantitative estimate of drug-likeness (QED) is 0.266. The van der Waals surface area contributed by atoms with Crippen LogP contribution in [0.15, 0.2) is 47.8 Å². The van der Waals surface area contributed by atoms with Gasteiger partial charge in [-0.25, -0.2) is 4.79 Å². The van der Waals surface area contributed by atoms with Crippen molar-refractivity contribution in [3.63, 3.8) is 0 Å². The molecule has 0 N–H and O–H groups in total. The number of rotatable bonds is 9. The maximum absolute atomic E-state index is 13.8. The van der Waals surface area contributed by atoms with Crippen LogP contribution in [0.2, 0.25) is 0 Å². The standard InChI is InChI=1S/C28H39N2O3S.BrH/c1-28(26-12-8-21-34-26,29-15-6-3-7-16-29)27(31)33-25-22-30(18-13-23(25)14-19-30)17-9-20-32-24-10-4-2-5-11-24;/h2,4-5,8,10-12,21,23,25H,3,6-7,9,13-20,22H2,1H3;1H/q+1;/p-1/t23?,25-,28?,30?;/m0./s1. The molecular formula is C28H39BrN2O3S. The molecule has 0 saturated carbocycles. The van der Waals surface area contributed by atoms with Crippen LogP contribution in [0.4, 0.5) is 0 Å². The fourth-order valence-electron chi connectivity index (χ4n) is 6.31.